The number of sulfonamides is 1. The standard InChI is InChI=1S/C26H27ClN2O3S/c1-18-5-11-22(17-24(18)27)29-33(31,32)23-14-12-21(13-15-23)28-25(30)16-8-19-6-9-20(10-7-19)26(2,3)4/h5-17,29H,1-4H3,(H,28,30)/b16-8+. The molecule has 1 amide bonds. The highest BCUT2D eigenvalue weighted by Gasteiger charge is 2.15. The van der Waals surface area contributed by atoms with E-state index in [1.807, 2.05) is 19.1 Å². The molecule has 0 atom stereocenters. The summed E-state index contributed by atoms with van der Waals surface area (Å²) in [6.45, 7) is 8.29. The van der Waals surface area contributed by atoms with Crippen molar-refractivity contribution in [3.05, 3.63) is 94.5 Å². The molecule has 0 spiro atoms. The summed E-state index contributed by atoms with van der Waals surface area (Å²) in [5.74, 6) is -0.307. The number of hydrogen-bond acceptors (Lipinski definition) is 3. The minimum absolute atomic E-state index is 0.0714. The number of anilines is 2. The van der Waals surface area contributed by atoms with Gasteiger partial charge < -0.3 is 5.32 Å². The van der Waals surface area contributed by atoms with E-state index in [4.69, 9.17) is 11.6 Å². The quantitative estimate of drug-likeness (QED) is 0.399. The van der Waals surface area contributed by atoms with Gasteiger partial charge in [0.2, 0.25) is 5.91 Å². The highest BCUT2D eigenvalue weighted by Crippen LogP contribution is 2.24. The maximum Gasteiger partial charge on any atom is 0.261 e. The van der Waals surface area contributed by atoms with E-state index >= 15 is 0 Å². The van der Waals surface area contributed by atoms with E-state index in [2.05, 4.69) is 42.9 Å². The van der Waals surface area contributed by atoms with Crippen LogP contribution in [0.1, 0.15) is 37.5 Å². The van der Waals surface area contributed by atoms with E-state index in [9.17, 15) is 13.2 Å². The van der Waals surface area contributed by atoms with E-state index in [1.54, 1.807) is 36.4 Å². The zero-order chi connectivity index (χ0) is 24.2. The number of benzene rings is 3. The Bertz CT molecular complexity index is 1270. The van der Waals surface area contributed by atoms with Crippen molar-refractivity contribution in [3.8, 4) is 0 Å². The summed E-state index contributed by atoms with van der Waals surface area (Å²) in [7, 11) is -3.78. The van der Waals surface area contributed by atoms with Crippen LogP contribution in [-0.4, -0.2) is 14.3 Å². The normalized spacial score (nSPS) is 12.0. The predicted octanol–water partition coefficient (Wildman–Crippen LogP) is 6.40. The van der Waals surface area contributed by atoms with Crippen LogP contribution in [-0.2, 0) is 20.2 Å². The van der Waals surface area contributed by atoms with Crippen molar-refractivity contribution in [3.63, 3.8) is 0 Å². The Morgan fingerprint density at radius 2 is 1.52 bits per heavy atom. The third kappa shape index (κ3) is 6.70. The van der Waals surface area contributed by atoms with Gasteiger partial charge in [0.25, 0.3) is 10.0 Å². The first-order chi connectivity index (χ1) is 15.4. The summed E-state index contributed by atoms with van der Waals surface area (Å²) < 4.78 is 27.8. The molecule has 0 radical (unpaired) electrons. The van der Waals surface area contributed by atoms with Gasteiger partial charge in [0.15, 0.2) is 0 Å². The van der Waals surface area contributed by atoms with Crippen molar-refractivity contribution in [2.45, 2.75) is 38.0 Å². The summed E-state index contributed by atoms with van der Waals surface area (Å²) >= 11 is 6.07. The fourth-order valence-electron chi connectivity index (χ4n) is 3.04. The molecule has 5 nitrogen and oxygen atoms in total. The third-order valence-electron chi connectivity index (χ3n) is 5.06. The smallest absolute Gasteiger partial charge is 0.261 e. The molecule has 0 saturated heterocycles. The van der Waals surface area contributed by atoms with Crippen LogP contribution in [0.4, 0.5) is 11.4 Å². The highest BCUT2D eigenvalue weighted by molar-refractivity contribution is 7.92. The first-order valence-electron chi connectivity index (χ1n) is 10.4. The first-order valence-corrected chi connectivity index (χ1v) is 12.3. The Morgan fingerprint density at radius 1 is 0.909 bits per heavy atom. The molecule has 0 aliphatic heterocycles. The van der Waals surface area contributed by atoms with Crippen molar-refractivity contribution < 1.29 is 13.2 Å². The molecule has 0 bridgehead atoms. The summed E-state index contributed by atoms with van der Waals surface area (Å²) in [5.41, 5.74) is 3.94. The second-order valence-electron chi connectivity index (χ2n) is 8.79. The molecule has 0 fully saturated rings. The molecule has 0 unspecified atom stereocenters. The Balaban J connectivity index is 1.63. The lowest BCUT2D eigenvalue weighted by molar-refractivity contribution is -0.111. The topological polar surface area (TPSA) is 75.3 Å². The minimum atomic E-state index is -3.78. The van der Waals surface area contributed by atoms with E-state index in [0.29, 0.717) is 16.4 Å². The molecular weight excluding hydrogens is 456 g/mol. The van der Waals surface area contributed by atoms with Crippen LogP contribution in [0.15, 0.2) is 77.7 Å². The van der Waals surface area contributed by atoms with Crippen LogP contribution in [0.25, 0.3) is 6.08 Å². The number of nitrogens with one attached hydrogen (secondary N) is 2. The van der Waals surface area contributed by atoms with Gasteiger partial charge in [-0.15, -0.1) is 0 Å². The molecule has 0 heterocycles. The van der Waals surface area contributed by atoms with Gasteiger partial charge in [0.1, 0.15) is 0 Å². The second kappa shape index (κ2) is 9.81. The summed E-state index contributed by atoms with van der Waals surface area (Å²) in [6, 6.07) is 18.9. The number of carbonyl (C=O) groups is 1. The number of rotatable bonds is 6. The fraction of sp³-hybridized carbons (Fsp3) is 0.192. The largest absolute Gasteiger partial charge is 0.323 e. The van der Waals surface area contributed by atoms with Gasteiger partial charge in [0.05, 0.1) is 10.6 Å². The molecule has 172 valence electrons. The van der Waals surface area contributed by atoms with Crippen molar-refractivity contribution in [1.82, 2.24) is 0 Å². The molecule has 0 saturated carbocycles. The second-order valence-corrected chi connectivity index (χ2v) is 10.9. The monoisotopic (exact) mass is 482 g/mol. The van der Waals surface area contributed by atoms with Crippen molar-refractivity contribution in [2.24, 2.45) is 0 Å². The lowest BCUT2D eigenvalue weighted by Gasteiger charge is -2.18. The number of halogens is 1. The van der Waals surface area contributed by atoms with Crippen LogP contribution < -0.4 is 10.0 Å². The number of hydrogen-bond donors (Lipinski definition) is 2. The third-order valence-corrected chi connectivity index (χ3v) is 6.86. The van der Waals surface area contributed by atoms with E-state index in [1.165, 1.54) is 23.8 Å². The summed E-state index contributed by atoms with van der Waals surface area (Å²) in [5, 5.41) is 3.21. The van der Waals surface area contributed by atoms with Crippen LogP contribution in [0, 0.1) is 6.92 Å². The molecule has 7 heteroatoms. The van der Waals surface area contributed by atoms with E-state index < -0.39 is 10.0 Å². The Hall–Kier alpha value is -3.09. The molecule has 0 aromatic heterocycles. The molecule has 0 aliphatic carbocycles. The van der Waals surface area contributed by atoms with Gasteiger partial charge in [-0.05, 0) is 71.5 Å². The van der Waals surface area contributed by atoms with Gasteiger partial charge in [-0.1, -0.05) is 62.7 Å². The maximum atomic E-state index is 12.6. The average molecular weight is 483 g/mol. The van der Waals surface area contributed by atoms with Gasteiger partial charge >= 0.3 is 0 Å². The Kier molecular flexibility index (Phi) is 7.30. The maximum absolute atomic E-state index is 12.6. The molecule has 2 N–H and O–H groups in total. The summed E-state index contributed by atoms with van der Waals surface area (Å²) in [6.07, 6.45) is 3.18. The number of carbonyl (C=O) groups excluding carboxylic acids is 1. The Morgan fingerprint density at radius 3 is 2.09 bits per heavy atom. The van der Waals surface area contributed by atoms with Crippen molar-refractivity contribution in [2.75, 3.05) is 10.0 Å². The van der Waals surface area contributed by atoms with E-state index in [0.717, 1.165) is 11.1 Å². The minimum Gasteiger partial charge on any atom is -0.323 e. The molecule has 3 aromatic carbocycles. The zero-order valence-electron chi connectivity index (χ0n) is 19.0. The lowest BCUT2D eigenvalue weighted by Crippen LogP contribution is -2.13. The molecule has 3 rings (SSSR count). The van der Waals surface area contributed by atoms with E-state index in [-0.39, 0.29) is 16.2 Å². The lowest BCUT2D eigenvalue weighted by atomic mass is 9.87. The SMILES string of the molecule is Cc1ccc(NS(=O)(=O)c2ccc(NC(=O)/C=C/c3ccc(C(C)(C)C)cc3)cc2)cc1Cl. The van der Waals surface area contributed by atoms with Gasteiger partial charge in [-0.2, -0.15) is 0 Å². The van der Waals surface area contributed by atoms with Crippen LogP contribution >= 0.6 is 11.6 Å². The number of aryl methyl sites for hydroxylation is 1. The predicted molar refractivity (Wildman–Crippen MR) is 136 cm³/mol. The van der Waals surface area contributed by atoms with Crippen molar-refractivity contribution in [1.29, 1.82) is 0 Å². The Labute approximate surface area is 200 Å². The molecule has 33 heavy (non-hydrogen) atoms. The zero-order valence-corrected chi connectivity index (χ0v) is 20.6. The fourth-order valence-corrected chi connectivity index (χ4v) is 4.27. The van der Waals surface area contributed by atoms with Gasteiger partial charge in [0, 0.05) is 16.8 Å². The first kappa shape index (κ1) is 24.6. The average Bonchev–Trinajstić information content (AvgIpc) is 2.75. The number of amides is 1. The van der Waals surface area contributed by atoms with Crippen LogP contribution in [0.5, 0.6) is 0 Å². The summed E-state index contributed by atoms with van der Waals surface area (Å²) in [4.78, 5) is 12.3. The van der Waals surface area contributed by atoms with Crippen molar-refractivity contribution >= 4 is 45.0 Å². The highest BCUT2D eigenvalue weighted by atomic mass is 35.5. The van der Waals surface area contributed by atoms with Gasteiger partial charge in [-0.25, -0.2) is 8.42 Å². The molecular formula is C26H27ClN2O3S. The van der Waals surface area contributed by atoms with Gasteiger partial charge in [-0.3, -0.25) is 9.52 Å². The molecule has 3 aromatic rings. The molecule has 0 aliphatic rings. The van der Waals surface area contributed by atoms with Crippen LogP contribution in [0.3, 0.4) is 0 Å². The van der Waals surface area contributed by atoms with Crippen LogP contribution in [0.2, 0.25) is 5.02 Å².